The summed E-state index contributed by atoms with van der Waals surface area (Å²) < 4.78 is 41.0. The summed E-state index contributed by atoms with van der Waals surface area (Å²) in [5, 5.41) is 2.09. The van der Waals surface area contributed by atoms with Crippen LogP contribution in [0.3, 0.4) is 0 Å². The number of benzene rings is 1. The summed E-state index contributed by atoms with van der Waals surface area (Å²) >= 11 is 0. The van der Waals surface area contributed by atoms with Crippen molar-refractivity contribution in [3.05, 3.63) is 47.4 Å². The summed E-state index contributed by atoms with van der Waals surface area (Å²) in [6, 6.07) is 5.42. The molecule has 0 heterocycles. The smallest absolute Gasteiger partial charge is 0.408 e. The van der Waals surface area contributed by atoms with Crippen LogP contribution in [-0.2, 0) is 25.8 Å². The fraction of sp³-hybridized carbons (Fsp3) is 0.412. The van der Waals surface area contributed by atoms with Gasteiger partial charge in [-0.3, -0.25) is 4.79 Å². The lowest BCUT2D eigenvalue weighted by Gasteiger charge is -2.21. The van der Waals surface area contributed by atoms with E-state index in [9.17, 15) is 22.4 Å². The van der Waals surface area contributed by atoms with Gasteiger partial charge in [-0.05, 0) is 26.3 Å². The topological polar surface area (TPSA) is 89.5 Å². The molecule has 1 aromatic rings. The minimum atomic E-state index is -3.71. The Morgan fingerprint density at radius 2 is 1.80 bits per heavy atom. The van der Waals surface area contributed by atoms with Gasteiger partial charge in [0.2, 0.25) is 0 Å². The number of hydrogen-bond acceptors (Lipinski definition) is 5. The number of ether oxygens (including phenoxy) is 1. The Hall–Kier alpha value is -2.22. The van der Waals surface area contributed by atoms with Gasteiger partial charge in [0.05, 0.1) is 9.65 Å². The molecular weight excluding hydrogens is 349 g/mol. The Balaban J connectivity index is 2.65. The third-order valence-electron chi connectivity index (χ3n) is 3.40. The first-order valence-electron chi connectivity index (χ1n) is 7.54. The normalized spacial score (nSPS) is 13.0. The lowest BCUT2D eigenvalue weighted by Crippen LogP contribution is -2.41. The minimum absolute atomic E-state index is 0.0491. The van der Waals surface area contributed by atoms with E-state index in [0.29, 0.717) is 5.56 Å². The highest BCUT2D eigenvalue weighted by Gasteiger charge is 2.32. The van der Waals surface area contributed by atoms with Gasteiger partial charge in [-0.1, -0.05) is 36.9 Å². The Bertz CT molecular complexity index is 738. The van der Waals surface area contributed by atoms with Crippen LogP contribution in [0, 0.1) is 0 Å². The van der Waals surface area contributed by atoms with Gasteiger partial charge in [0.25, 0.3) is 0 Å². The molecule has 8 heteroatoms. The molecule has 0 aliphatic carbocycles. The van der Waals surface area contributed by atoms with E-state index in [1.165, 1.54) is 20.8 Å². The maximum atomic E-state index is 13.1. The second-order valence-corrected chi connectivity index (χ2v) is 9.23. The van der Waals surface area contributed by atoms with Crippen molar-refractivity contribution < 1.29 is 27.1 Å². The molecule has 138 valence electrons. The molecule has 0 aliphatic rings. The summed E-state index contributed by atoms with van der Waals surface area (Å²) in [7, 11) is -3.71. The average molecular weight is 371 g/mol. The summed E-state index contributed by atoms with van der Waals surface area (Å²) in [5.41, 5.74) is 0.651. The molecule has 0 aromatic heterocycles. The molecule has 1 rings (SSSR count). The fourth-order valence-electron chi connectivity index (χ4n) is 1.88. The molecule has 1 atom stereocenters. The van der Waals surface area contributed by atoms with Gasteiger partial charge in [0.1, 0.15) is 12.6 Å². The molecule has 0 unspecified atom stereocenters. The zero-order valence-electron chi connectivity index (χ0n) is 14.4. The standard InChI is InChI=1S/C17H22FNO5S/c1-12(25(22,23)17(2,3)4)11-24-16(21)19-14(15(18)20)10-13-8-6-5-7-9-13/h5-9,14H,1,10-11H2,2-4H3,(H,19,21)/t14-/m0/s1. The first-order valence-corrected chi connectivity index (χ1v) is 9.02. The number of carbonyl (C=O) groups excluding carboxylic acids is 2. The lowest BCUT2D eigenvalue weighted by molar-refractivity contribution is -0.131. The van der Waals surface area contributed by atoms with Gasteiger partial charge >= 0.3 is 12.1 Å². The van der Waals surface area contributed by atoms with Crippen LogP contribution in [0.25, 0.3) is 0 Å². The van der Waals surface area contributed by atoms with Crippen LogP contribution in [0.2, 0.25) is 0 Å². The highest BCUT2D eigenvalue weighted by atomic mass is 32.2. The monoisotopic (exact) mass is 371 g/mol. The van der Waals surface area contributed by atoms with E-state index in [2.05, 4.69) is 11.9 Å². The van der Waals surface area contributed by atoms with Crippen LogP contribution < -0.4 is 5.32 Å². The van der Waals surface area contributed by atoms with E-state index in [4.69, 9.17) is 4.74 Å². The number of sulfone groups is 1. The van der Waals surface area contributed by atoms with E-state index < -0.39 is 39.4 Å². The molecule has 0 spiro atoms. The van der Waals surface area contributed by atoms with Crippen LogP contribution in [0.15, 0.2) is 41.8 Å². The molecule has 0 fully saturated rings. The number of rotatable bonds is 7. The predicted molar refractivity (Wildman–Crippen MR) is 92.3 cm³/mol. The van der Waals surface area contributed by atoms with E-state index in [1.807, 2.05) is 0 Å². The zero-order chi connectivity index (χ0) is 19.3. The molecule has 0 saturated carbocycles. The second kappa shape index (κ2) is 8.24. The molecule has 1 amide bonds. The summed E-state index contributed by atoms with van der Waals surface area (Å²) in [4.78, 5) is 22.5. The van der Waals surface area contributed by atoms with Gasteiger partial charge in [-0.25, -0.2) is 13.2 Å². The fourth-order valence-corrected chi connectivity index (χ4v) is 2.96. The molecule has 6 nitrogen and oxygen atoms in total. The average Bonchev–Trinajstić information content (AvgIpc) is 2.51. The van der Waals surface area contributed by atoms with Gasteiger partial charge < -0.3 is 10.1 Å². The third kappa shape index (κ3) is 5.97. The number of halogens is 1. The summed E-state index contributed by atoms with van der Waals surface area (Å²) in [6.45, 7) is 7.31. The molecule has 1 N–H and O–H groups in total. The molecule has 0 radical (unpaired) electrons. The molecule has 1 aromatic carbocycles. The Labute approximate surface area is 147 Å². The third-order valence-corrected chi connectivity index (χ3v) is 5.89. The predicted octanol–water partition coefficient (Wildman–Crippen LogP) is 2.55. The maximum absolute atomic E-state index is 13.1. The van der Waals surface area contributed by atoms with Gasteiger partial charge in [0.15, 0.2) is 9.84 Å². The van der Waals surface area contributed by atoms with E-state index in [-0.39, 0.29) is 11.3 Å². The Morgan fingerprint density at radius 3 is 2.28 bits per heavy atom. The molecule has 0 aliphatic heterocycles. The number of nitrogens with one attached hydrogen (secondary N) is 1. The van der Waals surface area contributed by atoms with Gasteiger partial charge in [0, 0.05) is 6.42 Å². The first-order chi connectivity index (χ1) is 11.4. The number of alkyl carbamates (subject to hydrolysis) is 1. The van der Waals surface area contributed by atoms with E-state index in [1.54, 1.807) is 30.3 Å². The van der Waals surface area contributed by atoms with Crippen molar-refractivity contribution in [2.45, 2.75) is 38.0 Å². The largest absolute Gasteiger partial charge is 0.444 e. The van der Waals surface area contributed by atoms with Crippen LogP contribution >= 0.6 is 0 Å². The molecule has 0 bridgehead atoms. The summed E-state index contributed by atoms with van der Waals surface area (Å²) in [5.74, 6) is 0. The lowest BCUT2D eigenvalue weighted by atomic mass is 10.1. The first kappa shape index (κ1) is 20.8. The second-order valence-electron chi connectivity index (χ2n) is 6.42. The highest BCUT2D eigenvalue weighted by Crippen LogP contribution is 2.22. The number of carbonyl (C=O) groups is 2. The minimum Gasteiger partial charge on any atom is -0.444 e. The van der Waals surface area contributed by atoms with Crippen molar-refractivity contribution in [1.82, 2.24) is 5.32 Å². The molecule has 0 saturated heterocycles. The zero-order valence-corrected chi connectivity index (χ0v) is 15.2. The quantitative estimate of drug-likeness (QED) is 0.744. The van der Waals surface area contributed by atoms with Crippen molar-refractivity contribution >= 4 is 22.0 Å². The van der Waals surface area contributed by atoms with Crippen LogP contribution in [0.1, 0.15) is 26.3 Å². The molecular formula is C17H22FNO5S. The number of hydrogen-bond donors (Lipinski definition) is 1. The van der Waals surface area contributed by atoms with Crippen LogP contribution in [-0.4, -0.2) is 37.9 Å². The van der Waals surface area contributed by atoms with Crippen LogP contribution in [0.5, 0.6) is 0 Å². The van der Waals surface area contributed by atoms with Gasteiger partial charge in [-0.15, -0.1) is 0 Å². The van der Waals surface area contributed by atoms with Crippen molar-refractivity contribution in [2.75, 3.05) is 6.61 Å². The van der Waals surface area contributed by atoms with Crippen molar-refractivity contribution in [1.29, 1.82) is 0 Å². The van der Waals surface area contributed by atoms with Crippen LogP contribution in [0.4, 0.5) is 9.18 Å². The molecule has 25 heavy (non-hydrogen) atoms. The Morgan fingerprint density at radius 1 is 1.24 bits per heavy atom. The van der Waals surface area contributed by atoms with E-state index in [0.717, 1.165) is 0 Å². The summed E-state index contributed by atoms with van der Waals surface area (Å²) in [6.07, 6.45) is -1.15. The van der Waals surface area contributed by atoms with Crippen molar-refractivity contribution in [2.24, 2.45) is 0 Å². The maximum Gasteiger partial charge on any atom is 0.408 e. The SMILES string of the molecule is C=C(COC(=O)N[C@@H](Cc1ccccc1)C(=O)F)S(=O)(=O)C(C)(C)C. The van der Waals surface area contributed by atoms with Gasteiger partial charge in [-0.2, -0.15) is 4.39 Å². The van der Waals surface area contributed by atoms with E-state index >= 15 is 0 Å². The van der Waals surface area contributed by atoms with Crippen molar-refractivity contribution in [3.8, 4) is 0 Å². The highest BCUT2D eigenvalue weighted by molar-refractivity contribution is 7.96. The number of amides is 1. The Kier molecular flexibility index (Phi) is 6.87. The van der Waals surface area contributed by atoms with Crippen molar-refractivity contribution in [3.63, 3.8) is 0 Å².